The second kappa shape index (κ2) is 16.9. The SMILES string of the molecule is CCc1c(C)cc(CN2CCOCCOCCN(Cc3cc(C)c4cccnc4c3O)CCOCCOCC2)c(O)c1C. The fourth-order valence-electron chi connectivity index (χ4n) is 5.79. The fourth-order valence-corrected chi connectivity index (χ4v) is 5.79. The minimum absolute atomic E-state index is 0.233. The lowest BCUT2D eigenvalue weighted by Crippen LogP contribution is -2.33. The van der Waals surface area contributed by atoms with E-state index in [2.05, 4.69) is 34.7 Å². The van der Waals surface area contributed by atoms with Crippen LogP contribution >= 0.6 is 0 Å². The van der Waals surface area contributed by atoms with Gasteiger partial charge in [0.05, 0.1) is 52.9 Å². The molecule has 0 aliphatic carbocycles. The van der Waals surface area contributed by atoms with Crippen molar-refractivity contribution in [2.24, 2.45) is 0 Å². The molecule has 3 aromatic rings. The van der Waals surface area contributed by atoms with E-state index in [-0.39, 0.29) is 5.75 Å². The lowest BCUT2D eigenvalue weighted by molar-refractivity contribution is 0.00611. The topological polar surface area (TPSA) is 96.8 Å². The molecule has 0 atom stereocenters. The van der Waals surface area contributed by atoms with Gasteiger partial charge in [0.25, 0.3) is 0 Å². The van der Waals surface area contributed by atoms with Gasteiger partial charge < -0.3 is 29.2 Å². The second-order valence-electron chi connectivity index (χ2n) is 11.3. The summed E-state index contributed by atoms with van der Waals surface area (Å²) in [7, 11) is 0. The van der Waals surface area contributed by atoms with Crippen molar-refractivity contribution in [1.82, 2.24) is 14.8 Å². The van der Waals surface area contributed by atoms with Crippen LogP contribution in [0, 0.1) is 20.8 Å². The minimum atomic E-state index is 0.233. The van der Waals surface area contributed by atoms with Gasteiger partial charge in [-0.05, 0) is 55.5 Å². The van der Waals surface area contributed by atoms with Crippen LogP contribution in [0.5, 0.6) is 11.5 Å². The summed E-state index contributed by atoms with van der Waals surface area (Å²) in [6.07, 6.45) is 2.62. The average Bonchev–Trinajstić information content (AvgIpc) is 3.00. The standard InChI is InChI=1S/C34H49N3O6/c1-5-30-25(2)21-28(33(38)27(30)4)23-36-9-13-40-17-19-42-15-11-37(12-16-43-20-18-41-14-10-36)24-29-22-26(3)31-7-6-8-35-32(31)34(29)39/h6-8,21-22,38-39H,5,9-20,23-24H2,1-4H3. The average molecular weight is 596 g/mol. The Bertz CT molecular complexity index is 1300. The molecule has 236 valence electrons. The van der Waals surface area contributed by atoms with Crippen molar-refractivity contribution in [1.29, 1.82) is 0 Å². The first kappa shape index (κ1) is 33.1. The van der Waals surface area contributed by atoms with Gasteiger partial charge in [-0.25, -0.2) is 0 Å². The molecule has 0 spiro atoms. The van der Waals surface area contributed by atoms with Crippen molar-refractivity contribution in [3.63, 3.8) is 0 Å². The number of phenols is 2. The molecule has 0 bridgehead atoms. The van der Waals surface area contributed by atoms with Gasteiger partial charge in [0, 0.05) is 62.0 Å². The second-order valence-corrected chi connectivity index (χ2v) is 11.3. The van der Waals surface area contributed by atoms with Crippen molar-refractivity contribution in [2.75, 3.05) is 79.0 Å². The number of rotatable bonds is 5. The third-order valence-corrected chi connectivity index (χ3v) is 8.22. The number of fused-ring (bicyclic) bond motifs is 1. The van der Waals surface area contributed by atoms with E-state index in [9.17, 15) is 10.2 Å². The predicted molar refractivity (Wildman–Crippen MR) is 169 cm³/mol. The number of benzene rings is 2. The molecule has 9 heteroatoms. The zero-order valence-electron chi connectivity index (χ0n) is 26.4. The largest absolute Gasteiger partial charge is 0.507 e. The van der Waals surface area contributed by atoms with Crippen LogP contribution in [0.1, 0.15) is 40.3 Å². The van der Waals surface area contributed by atoms with E-state index in [1.54, 1.807) is 6.20 Å². The van der Waals surface area contributed by atoms with Gasteiger partial charge in [0.1, 0.15) is 17.0 Å². The highest BCUT2D eigenvalue weighted by atomic mass is 16.5. The van der Waals surface area contributed by atoms with Crippen LogP contribution in [0.25, 0.3) is 10.9 Å². The molecular formula is C34H49N3O6. The third kappa shape index (κ3) is 9.35. The first-order valence-electron chi connectivity index (χ1n) is 15.5. The summed E-state index contributed by atoms with van der Waals surface area (Å²) in [4.78, 5) is 8.91. The predicted octanol–water partition coefficient (Wildman–Crippen LogP) is 4.52. The van der Waals surface area contributed by atoms with Crippen molar-refractivity contribution in [3.8, 4) is 11.5 Å². The van der Waals surface area contributed by atoms with Crippen LogP contribution in [0.3, 0.4) is 0 Å². The molecule has 1 fully saturated rings. The first-order valence-corrected chi connectivity index (χ1v) is 15.5. The van der Waals surface area contributed by atoms with E-state index in [0.717, 1.165) is 47.2 Å². The summed E-state index contributed by atoms with van der Waals surface area (Å²) >= 11 is 0. The smallest absolute Gasteiger partial charge is 0.146 e. The number of hydrogen-bond acceptors (Lipinski definition) is 9. The summed E-state index contributed by atoms with van der Waals surface area (Å²) < 4.78 is 23.6. The number of aryl methyl sites for hydroxylation is 2. The summed E-state index contributed by atoms with van der Waals surface area (Å²) in [5.41, 5.74) is 6.92. The Morgan fingerprint density at radius 3 is 1.70 bits per heavy atom. The summed E-state index contributed by atoms with van der Waals surface area (Å²) in [6, 6.07) is 8.03. The number of pyridine rings is 1. The lowest BCUT2D eigenvalue weighted by Gasteiger charge is -2.25. The van der Waals surface area contributed by atoms with E-state index in [0.29, 0.717) is 90.3 Å². The summed E-state index contributed by atoms with van der Waals surface area (Å²) in [6.45, 7) is 16.6. The molecule has 0 amide bonds. The van der Waals surface area contributed by atoms with Gasteiger partial charge in [0.2, 0.25) is 0 Å². The molecule has 2 N–H and O–H groups in total. The van der Waals surface area contributed by atoms with E-state index >= 15 is 0 Å². The molecule has 4 rings (SSSR count). The maximum Gasteiger partial charge on any atom is 0.146 e. The van der Waals surface area contributed by atoms with Crippen molar-refractivity contribution < 1.29 is 29.2 Å². The van der Waals surface area contributed by atoms with E-state index < -0.39 is 0 Å². The number of ether oxygens (including phenoxy) is 4. The van der Waals surface area contributed by atoms with Crippen LogP contribution in [0.2, 0.25) is 0 Å². The highest BCUT2D eigenvalue weighted by molar-refractivity contribution is 5.88. The Hall–Kier alpha value is -2.79. The van der Waals surface area contributed by atoms with Crippen molar-refractivity contribution in [2.45, 2.75) is 47.2 Å². The number of phenolic OH excluding ortho intramolecular Hbond substituents is 2. The summed E-state index contributed by atoms with van der Waals surface area (Å²) in [5.74, 6) is 0.624. The number of aromatic hydroxyl groups is 2. The molecule has 1 aromatic heterocycles. The number of hydrogen-bond donors (Lipinski definition) is 2. The molecule has 1 aliphatic rings. The molecule has 0 unspecified atom stereocenters. The van der Waals surface area contributed by atoms with Crippen LogP contribution in [0.15, 0.2) is 30.5 Å². The zero-order valence-corrected chi connectivity index (χ0v) is 26.4. The lowest BCUT2D eigenvalue weighted by atomic mass is 9.96. The zero-order chi connectivity index (χ0) is 30.6. The Balaban J connectivity index is 1.31. The van der Waals surface area contributed by atoms with Gasteiger partial charge in [-0.15, -0.1) is 0 Å². The Kier molecular flexibility index (Phi) is 13.0. The molecule has 2 aromatic carbocycles. The first-order chi connectivity index (χ1) is 20.9. The molecular weight excluding hydrogens is 546 g/mol. The normalized spacial score (nSPS) is 18.0. The van der Waals surface area contributed by atoms with Gasteiger partial charge in [-0.3, -0.25) is 14.8 Å². The van der Waals surface area contributed by atoms with E-state index in [1.165, 1.54) is 11.1 Å². The van der Waals surface area contributed by atoms with Gasteiger partial charge in [0.15, 0.2) is 0 Å². The number of aromatic nitrogens is 1. The molecule has 0 saturated carbocycles. The monoisotopic (exact) mass is 595 g/mol. The maximum absolute atomic E-state index is 10.9. The quantitative estimate of drug-likeness (QED) is 0.442. The van der Waals surface area contributed by atoms with Crippen LogP contribution in [-0.2, 0) is 38.5 Å². The molecule has 9 nitrogen and oxygen atoms in total. The summed E-state index contributed by atoms with van der Waals surface area (Å²) in [5, 5.41) is 22.8. The number of nitrogens with zero attached hydrogens (tertiary/aromatic N) is 3. The van der Waals surface area contributed by atoms with Gasteiger partial charge in [-0.2, -0.15) is 0 Å². The van der Waals surface area contributed by atoms with Crippen molar-refractivity contribution >= 4 is 10.9 Å². The molecule has 43 heavy (non-hydrogen) atoms. The highest BCUT2D eigenvalue weighted by Crippen LogP contribution is 2.31. The third-order valence-electron chi connectivity index (χ3n) is 8.22. The van der Waals surface area contributed by atoms with E-state index in [4.69, 9.17) is 18.9 Å². The van der Waals surface area contributed by atoms with Crippen molar-refractivity contribution in [3.05, 3.63) is 63.8 Å². The Morgan fingerprint density at radius 1 is 0.698 bits per heavy atom. The van der Waals surface area contributed by atoms with Gasteiger partial charge in [-0.1, -0.05) is 25.1 Å². The Morgan fingerprint density at radius 2 is 1.19 bits per heavy atom. The Labute approximate surface area is 256 Å². The minimum Gasteiger partial charge on any atom is -0.507 e. The molecule has 0 radical (unpaired) electrons. The van der Waals surface area contributed by atoms with Crippen LogP contribution < -0.4 is 0 Å². The fraction of sp³-hybridized carbons (Fsp3) is 0.559. The van der Waals surface area contributed by atoms with Crippen LogP contribution in [-0.4, -0.2) is 104 Å². The molecule has 1 saturated heterocycles. The highest BCUT2D eigenvalue weighted by Gasteiger charge is 2.16. The molecule has 2 heterocycles. The van der Waals surface area contributed by atoms with Crippen LogP contribution in [0.4, 0.5) is 0 Å². The maximum atomic E-state index is 10.9. The van der Waals surface area contributed by atoms with Gasteiger partial charge >= 0.3 is 0 Å². The van der Waals surface area contributed by atoms with E-state index in [1.807, 2.05) is 32.0 Å². The molecule has 1 aliphatic heterocycles.